The molecule has 4 rings (SSSR count). The van der Waals surface area contributed by atoms with Gasteiger partial charge in [-0.1, -0.05) is 42.7 Å². The van der Waals surface area contributed by atoms with E-state index < -0.39 is 17.3 Å². The molecule has 2 atom stereocenters. The van der Waals surface area contributed by atoms with Crippen molar-refractivity contribution in [1.29, 1.82) is 0 Å². The molecule has 1 aromatic carbocycles. The first-order valence-electron chi connectivity index (χ1n) is 14.3. The highest BCUT2D eigenvalue weighted by molar-refractivity contribution is 6.30. The van der Waals surface area contributed by atoms with E-state index in [4.69, 9.17) is 16.3 Å². The molecule has 0 radical (unpaired) electrons. The first-order chi connectivity index (χ1) is 18.9. The van der Waals surface area contributed by atoms with Crippen molar-refractivity contribution in [2.45, 2.75) is 71.1 Å². The molecule has 0 spiro atoms. The predicted octanol–water partition coefficient (Wildman–Crippen LogP) is 4.26. The maximum atomic E-state index is 14.0. The van der Waals surface area contributed by atoms with Crippen molar-refractivity contribution in [3.05, 3.63) is 46.6 Å². The lowest BCUT2D eigenvalue weighted by molar-refractivity contribution is -0.158. The Balaban J connectivity index is 1.52. The van der Waals surface area contributed by atoms with Crippen LogP contribution in [0.25, 0.3) is 0 Å². The largest absolute Gasteiger partial charge is 0.465 e. The molecule has 2 heterocycles. The number of likely N-dealkylation sites (tertiary alicyclic amines) is 2. The SMILES string of the molecule is CCOC(=O)[C@]12CCCCC/C=C\1N(CCc1ccc(Cl)cc1)C(=O)[C@H]2CC(=O)NCCCN1CCCC1=O. The lowest BCUT2D eigenvalue weighted by Crippen LogP contribution is -2.42. The van der Waals surface area contributed by atoms with Crippen LogP contribution in [0.5, 0.6) is 0 Å². The lowest BCUT2D eigenvalue weighted by Gasteiger charge is -2.34. The van der Waals surface area contributed by atoms with Crippen LogP contribution in [-0.4, -0.2) is 66.3 Å². The van der Waals surface area contributed by atoms with Gasteiger partial charge in [0.15, 0.2) is 0 Å². The second kappa shape index (κ2) is 13.5. The van der Waals surface area contributed by atoms with E-state index in [0.717, 1.165) is 44.2 Å². The number of hydrogen-bond acceptors (Lipinski definition) is 5. The fraction of sp³-hybridized carbons (Fsp3) is 0.600. The summed E-state index contributed by atoms with van der Waals surface area (Å²) < 4.78 is 5.59. The molecule has 1 aromatic rings. The predicted molar refractivity (Wildman–Crippen MR) is 149 cm³/mol. The number of nitrogens with one attached hydrogen (secondary N) is 1. The maximum Gasteiger partial charge on any atom is 0.318 e. The van der Waals surface area contributed by atoms with Gasteiger partial charge < -0.3 is 19.9 Å². The van der Waals surface area contributed by atoms with Gasteiger partial charge in [-0.2, -0.15) is 0 Å². The number of fused-ring (bicyclic) bond motifs is 1. The Morgan fingerprint density at radius 2 is 1.90 bits per heavy atom. The van der Waals surface area contributed by atoms with Crippen molar-refractivity contribution in [2.75, 3.05) is 32.8 Å². The number of rotatable bonds is 11. The standard InChI is InChI=1S/C30H40ClN3O5/c1-2-39-29(38)30-16-6-4-3-5-9-25(30)34(20-15-22-11-13-23(31)14-12-22)28(37)24(30)21-26(35)32-17-8-19-33-18-7-10-27(33)36/h9,11-14,24H,2-8,10,15-21H2,1H3,(H,32,35)/b25-9+/t24-,30+/m1/s1. The third-order valence-corrected chi connectivity index (χ3v) is 8.44. The van der Waals surface area contributed by atoms with Gasteiger partial charge >= 0.3 is 5.97 Å². The number of carbonyl (C=O) groups excluding carboxylic acids is 4. The van der Waals surface area contributed by atoms with E-state index in [1.807, 2.05) is 35.2 Å². The van der Waals surface area contributed by atoms with Crippen molar-refractivity contribution < 1.29 is 23.9 Å². The molecular formula is C30H40ClN3O5. The summed E-state index contributed by atoms with van der Waals surface area (Å²) >= 11 is 6.04. The third-order valence-electron chi connectivity index (χ3n) is 8.18. The van der Waals surface area contributed by atoms with Gasteiger partial charge in [-0.3, -0.25) is 19.2 Å². The molecule has 8 nitrogen and oxygen atoms in total. The zero-order valence-corrected chi connectivity index (χ0v) is 23.6. The van der Waals surface area contributed by atoms with Gasteiger partial charge in [0, 0.05) is 49.7 Å². The monoisotopic (exact) mass is 557 g/mol. The summed E-state index contributed by atoms with van der Waals surface area (Å²) in [4.78, 5) is 56.2. The van der Waals surface area contributed by atoms with Gasteiger partial charge in [0.1, 0.15) is 5.41 Å². The number of benzene rings is 1. The molecule has 1 N–H and O–H groups in total. The first kappa shape index (κ1) is 29.1. The van der Waals surface area contributed by atoms with Gasteiger partial charge in [-0.05, 0) is 63.1 Å². The van der Waals surface area contributed by atoms with Crippen LogP contribution in [0.3, 0.4) is 0 Å². The van der Waals surface area contributed by atoms with Crippen LogP contribution in [0, 0.1) is 11.3 Å². The van der Waals surface area contributed by atoms with E-state index in [-0.39, 0.29) is 30.7 Å². The molecule has 2 fully saturated rings. The maximum absolute atomic E-state index is 14.0. The minimum atomic E-state index is -1.16. The minimum absolute atomic E-state index is 0.0743. The summed E-state index contributed by atoms with van der Waals surface area (Å²) in [6.07, 6.45) is 8.68. The van der Waals surface area contributed by atoms with E-state index >= 15 is 0 Å². The molecule has 9 heteroatoms. The molecule has 3 aliphatic rings. The highest BCUT2D eigenvalue weighted by Gasteiger charge is 2.61. The van der Waals surface area contributed by atoms with Crippen molar-refractivity contribution >= 4 is 35.3 Å². The van der Waals surface area contributed by atoms with Gasteiger partial charge in [0.2, 0.25) is 17.7 Å². The summed E-state index contributed by atoms with van der Waals surface area (Å²) in [5, 5.41) is 3.58. The van der Waals surface area contributed by atoms with Gasteiger partial charge in [-0.15, -0.1) is 0 Å². The fourth-order valence-corrected chi connectivity index (χ4v) is 6.31. The number of amides is 3. The number of halogens is 1. The zero-order valence-electron chi connectivity index (χ0n) is 22.9. The third kappa shape index (κ3) is 6.65. The highest BCUT2D eigenvalue weighted by atomic mass is 35.5. The number of allylic oxidation sites excluding steroid dienone is 1. The minimum Gasteiger partial charge on any atom is -0.465 e. The molecule has 0 aromatic heterocycles. The Morgan fingerprint density at radius 1 is 1.10 bits per heavy atom. The molecule has 2 aliphatic heterocycles. The van der Waals surface area contributed by atoms with E-state index in [1.54, 1.807) is 11.8 Å². The average molecular weight is 558 g/mol. The second-order valence-electron chi connectivity index (χ2n) is 10.7. The Bertz CT molecular complexity index is 1090. The number of esters is 1. The van der Waals surface area contributed by atoms with E-state index in [0.29, 0.717) is 56.0 Å². The fourth-order valence-electron chi connectivity index (χ4n) is 6.18. The Kier molecular flexibility index (Phi) is 10.1. The first-order valence-corrected chi connectivity index (χ1v) is 14.7. The number of ether oxygens (including phenoxy) is 1. The van der Waals surface area contributed by atoms with Crippen molar-refractivity contribution in [1.82, 2.24) is 15.1 Å². The molecule has 212 valence electrons. The van der Waals surface area contributed by atoms with Crippen molar-refractivity contribution in [2.24, 2.45) is 11.3 Å². The molecule has 1 aliphatic carbocycles. The average Bonchev–Trinajstić information content (AvgIpc) is 3.40. The topological polar surface area (TPSA) is 96.0 Å². The zero-order chi connectivity index (χ0) is 27.8. The quantitative estimate of drug-likeness (QED) is 0.324. The van der Waals surface area contributed by atoms with Crippen LogP contribution >= 0.6 is 11.6 Å². The van der Waals surface area contributed by atoms with Crippen LogP contribution in [0.1, 0.15) is 70.3 Å². The number of hydrogen-bond donors (Lipinski definition) is 1. The summed E-state index contributed by atoms with van der Waals surface area (Å²) in [6, 6.07) is 7.53. The van der Waals surface area contributed by atoms with Gasteiger partial charge in [-0.25, -0.2) is 0 Å². The normalized spacial score (nSPS) is 24.6. The molecule has 3 amide bonds. The van der Waals surface area contributed by atoms with Crippen LogP contribution in [0.15, 0.2) is 36.0 Å². The summed E-state index contributed by atoms with van der Waals surface area (Å²) in [5.41, 5.74) is 0.579. The van der Waals surface area contributed by atoms with Crippen LogP contribution < -0.4 is 5.32 Å². The summed E-state index contributed by atoms with van der Waals surface area (Å²) in [7, 11) is 0. The Labute approximate surface area is 236 Å². The lowest BCUT2D eigenvalue weighted by atomic mass is 9.69. The number of carbonyl (C=O) groups is 4. The van der Waals surface area contributed by atoms with Crippen molar-refractivity contribution in [3.8, 4) is 0 Å². The summed E-state index contributed by atoms with van der Waals surface area (Å²) in [6.45, 7) is 4.18. The van der Waals surface area contributed by atoms with Gasteiger partial charge in [0.25, 0.3) is 0 Å². The molecule has 0 saturated carbocycles. The van der Waals surface area contributed by atoms with E-state index in [9.17, 15) is 19.2 Å². The Morgan fingerprint density at radius 3 is 2.62 bits per heavy atom. The molecule has 0 bridgehead atoms. The molecule has 2 saturated heterocycles. The molecule has 39 heavy (non-hydrogen) atoms. The molecular weight excluding hydrogens is 518 g/mol. The Hall–Kier alpha value is -2.87. The second-order valence-corrected chi connectivity index (χ2v) is 11.1. The van der Waals surface area contributed by atoms with Crippen LogP contribution in [0.4, 0.5) is 0 Å². The van der Waals surface area contributed by atoms with Crippen LogP contribution in [0.2, 0.25) is 5.02 Å². The smallest absolute Gasteiger partial charge is 0.318 e. The van der Waals surface area contributed by atoms with E-state index in [2.05, 4.69) is 5.32 Å². The summed E-state index contributed by atoms with van der Waals surface area (Å²) in [5.74, 6) is -1.51. The number of nitrogens with zero attached hydrogens (tertiary/aromatic N) is 2. The highest BCUT2D eigenvalue weighted by Crippen LogP contribution is 2.52. The molecule has 0 unspecified atom stereocenters. The van der Waals surface area contributed by atoms with Gasteiger partial charge in [0.05, 0.1) is 12.5 Å². The van der Waals surface area contributed by atoms with Crippen molar-refractivity contribution in [3.63, 3.8) is 0 Å². The van der Waals surface area contributed by atoms with Crippen LogP contribution in [-0.2, 0) is 30.3 Å². The van der Waals surface area contributed by atoms with E-state index in [1.165, 1.54) is 0 Å².